The van der Waals surface area contributed by atoms with Gasteiger partial charge in [-0.1, -0.05) is 13.8 Å². The van der Waals surface area contributed by atoms with Crippen molar-refractivity contribution in [2.75, 3.05) is 40.3 Å². The third-order valence-electron chi connectivity index (χ3n) is 5.64. The van der Waals surface area contributed by atoms with Crippen molar-refractivity contribution in [3.05, 3.63) is 17.5 Å². The Bertz CT molecular complexity index is 681. The summed E-state index contributed by atoms with van der Waals surface area (Å²) >= 11 is 0. The first-order valence-electron chi connectivity index (χ1n) is 10.8. The van der Waals surface area contributed by atoms with Crippen LogP contribution in [-0.2, 0) is 18.4 Å². The van der Waals surface area contributed by atoms with Gasteiger partial charge in [-0.05, 0) is 51.2 Å². The Morgan fingerprint density at radius 1 is 1.37 bits per heavy atom. The zero-order valence-electron chi connectivity index (χ0n) is 19.2. The van der Waals surface area contributed by atoms with Crippen molar-refractivity contribution in [2.45, 2.75) is 52.0 Å². The SMILES string of the molecule is CN=C(NCCCCN1CCC(C(N)=O)CC1)N(C)Cc1cn(C)nc1C(C)C.I. The molecule has 1 aromatic heterocycles. The van der Waals surface area contributed by atoms with Crippen LogP contribution in [0, 0.1) is 5.92 Å². The first kappa shape index (κ1) is 26.7. The van der Waals surface area contributed by atoms with Crippen molar-refractivity contribution in [3.63, 3.8) is 0 Å². The quantitative estimate of drug-likeness (QED) is 0.220. The molecule has 0 atom stereocenters. The van der Waals surface area contributed by atoms with Gasteiger partial charge in [-0.15, -0.1) is 24.0 Å². The molecule has 0 unspecified atom stereocenters. The van der Waals surface area contributed by atoms with Gasteiger partial charge in [0, 0.05) is 51.9 Å². The van der Waals surface area contributed by atoms with Crippen molar-refractivity contribution < 1.29 is 4.79 Å². The molecule has 1 aliphatic rings. The number of amides is 1. The standard InChI is InChI=1S/C21H39N7O.HI/c1-16(2)19-18(15-27(5)25-19)14-26(4)21(23-3)24-10-6-7-11-28-12-8-17(9-13-28)20(22)29;/h15-17H,6-14H2,1-5H3,(H2,22,29)(H,23,24);1H. The Labute approximate surface area is 198 Å². The summed E-state index contributed by atoms with van der Waals surface area (Å²) < 4.78 is 1.89. The maximum absolute atomic E-state index is 11.3. The topological polar surface area (TPSA) is 91.8 Å². The molecular formula is C21H40IN7O. The summed E-state index contributed by atoms with van der Waals surface area (Å²) in [5, 5.41) is 8.07. The number of nitrogens with one attached hydrogen (secondary N) is 1. The van der Waals surface area contributed by atoms with Gasteiger partial charge in [0.15, 0.2) is 5.96 Å². The van der Waals surface area contributed by atoms with E-state index in [9.17, 15) is 4.79 Å². The van der Waals surface area contributed by atoms with E-state index >= 15 is 0 Å². The summed E-state index contributed by atoms with van der Waals surface area (Å²) in [5.41, 5.74) is 7.80. The smallest absolute Gasteiger partial charge is 0.220 e. The zero-order chi connectivity index (χ0) is 21.4. The summed E-state index contributed by atoms with van der Waals surface area (Å²) in [5.74, 6) is 1.24. The van der Waals surface area contributed by atoms with Gasteiger partial charge in [0.25, 0.3) is 0 Å². The van der Waals surface area contributed by atoms with E-state index in [2.05, 4.69) is 52.3 Å². The lowest BCUT2D eigenvalue weighted by Crippen LogP contribution is -2.40. The maximum Gasteiger partial charge on any atom is 0.220 e. The Kier molecular flexibility index (Phi) is 11.7. The van der Waals surface area contributed by atoms with Gasteiger partial charge in [0.1, 0.15) is 0 Å². The largest absolute Gasteiger partial charge is 0.369 e. The molecule has 0 radical (unpaired) electrons. The number of halogens is 1. The molecule has 9 heteroatoms. The molecule has 2 heterocycles. The first-order valence-corrected chi connectivity index (χ1v) is 10.8. The molecular weight excluding hydrogens is 493 g/mol. The molecule has 0 bridgehead atoms. The van der Waals surface area contributed by atoms with E-state index in [1.807, 2.05) is 18.8 Å². The summed E-state index contributed by atoms with van der Waals surface area (Å²) in [6.45, 7) is 9.08. The molecule has 1 fully saturated rings. The molecule has 3 N–H and O–H groups in total. The molecule has 0 saturated carbocycles. The van der Waals surface area contributed by atoms with Crippen LogP contribution in [0.5, 0.6) is 0 Å². The monoisotopic (exact) mass is 533 g/mol. The van der Waals surface area contributed by atoms with Crippen molar-refractivity contribution in [2.24, 2.45) is 23.7 Å². The summed E-state index contributed by atoms with van der Waals surface area (Å²) in [4.78, 5) is 20.3. The Morgan fingerprint density at radius 2 is 2.03 bits per heavy atom. The Morgan fingerprint density at radius 3 is 2.60 bits per heavy atom. The molecule has 1 aliphatic heterocycles. The van der Waals surface area contributed by atoms with Crippen molar-refractivity contribution in [1.29, 1.82) is 0 Å². The molecule has 30 heavy (non-hydrogen) atoms. The van der Waals surface area contributed by atoms with Gasteiger partial charge >= 0.3 is 0 Å². The number of aliphatic imine (C=N–C) groups is 1. The van der Waals surface area contributed by atoms with Crippen molar-refractivity contribution >= 4 is 35.8 Å². The highest BCUT2D eigenvalue weighted by atomic mass is 127. The van der Waals surface area contributed by atoms with E-state index in [4.69, 9.17) is 5.73 Å². The number of likely N-dealkylation sites (tertiary alicyclic amines) is 1. The molecule has 0 aromatic carbocycles. The molecule has 1 amide bonds. The number of carbonyl (C=O) groups is 1. The normalized spacial score (nSPS) is 15.9. The van der Waals surface area contributed by atoms with Crippen LogP contribution >= 0.6 is 24.0 Å². The second-order valence-electron chi connectivity index (χ2n) is 8.42. The van der Waals surface area contributed by atoms with Crippen LogP contribution in [-0.4, -0.2) is 71.7 Å². The van der Waals surface area contributed by atoms with Gasteiger partial charge in [-0.2, -0.15) is 5.10 Å². The minimum atomic E-state index is -0.142. The Hall–Kier alpha value is -1.36. The number of unbranched alkanes of at least 4 members (excludes halogenated alkanes) is 1. The van der Waals surface area contributed by atoms with Crippen molar-refractivity contribution in [1.82, 2.24) is 24.9 Å². The molecule has 1 aromatic rings. The number of guanidine groups is 1. The van der Waals surface area contributed by atoms with Gasteiger partial charge in [0.05, 0.1) is 5.69 Å². The third-order valence-corrected chi connectivity index (χ3v) is 5.64. The zero-order valence-corrected chi connectivity index (χ0v) is 21.6. The average Bonchev–Trinajstić information content (AvgIpc) is 3.05. The number of nitrogens with two attached hydrogens (primary N) is 1. The van der Waals surface area contributed by atoms with E-state index in [0.29, 0.717) is 5.92 Å². The van der Waals surface area contributed by atoms with E-state index < -0.39 is 0 Å². The number of aromatic nitrogens is 2. The third kappa shape index (κ3) is 8.05. The number of primary amides is 1. The molecule has 8 nitrogen and oxygen atoms in total. The number of piperidine rings is 1. The van der Waals surface area contributed by atoms with Gasteiger partial charge in [-0.3, -0.25) is 14.5 Å². The lowest BCUT2D eigenvalue weighted by molar-refractivity contribution is -0.123. The van der Waals surface area contributed by atoms with Crippen molar-refractivity contribution in [3.8, 4) is 0 Å². The Balaban J connectivity index is 0.00000450. The van der Waals surface area contributed by atoms with Gasteiger partial charge in [0.2, 0.25) is 5.91 Å². The maximum atomic E-state index is 11.3. The fourth-order valence-corrected chi connectivity index (χ4v) is 3.98. The molecule has 0 spiro atoms. The molecule has 2 rings (SSSR count). The highest BCUT2D eigenvalue weighted by Gasteiger charge is 2.22. The van der Waals surface area contributed by atoms with Gasteiger partial charge < -0.3 is 20.9 Å². The second-order valence-corrected chi connectivity index (χ2v) is 8.42. The summed E-state index contributed by atoms with van der Waals surface area (Å²) in [6, 6.07) is 0. The highest BCUT2D eigenvalue weighted by Crippen LogP contribution is 2.19. The molecule has 0 aliphatic carbocycles. The van der Waals surface area contributed by atoms with E-state index in [-0.39, 0.29) is 35.8 Å². The molecule has 172 valence electrons. The van der Waals surface area contributed by atoms with E-state index in [1.165, 1.54) is 5.56 Å². The number of aryl methyl sites for hydroxylation is 1. The lowest BCUT2D eigenvalue weighted by atomic mass is 9.96. The van der Waals surface area contributed by atoms with E-state index in [1.54, 1.807) is 0 Å². The lowest BCUT2D eigenvalue weighted by Gasteiger charge is -2.30. The van der Waals surface area contributed by atoms with Crippen LogP contribution in [0.2, 0.25) is 0 Å². The molecule has 1 saturated heterocycles. The fraction of sp³-hybridized carbons (Fsp3) is 0.762. The average molecular weight is 534 g/mol. The predicted octanol–water partition coefficient (Wildman–Crippen LogP) is 2.15. The van der Waals surface area contributed by atoms with Crippen LogP contribution in [0.15, 0.2) is 11.2 Å². The summed E-state index contributed by atoms with van der Waals surface area (Å²) in [6.07, 6.45) is 6.12. The highest BCUT2D eigenvalue weighted by molar-refractivity contribution is 14.0. The minimum Gasteiger partial charge on any atom is -0.369 e. The number of hydrogen-bond acceptors (Lipinski definition) is 4. The van der Waals surface area contributed by atoms with Crippen LogP contribution < -0.4 is 11.1 Å². The minimum absolute atomic E-state index is 0. The fourth-order valence-electron chi connectivity index (χ4n) is 3.98. The number of nitrogens with zero attached hydrogens (tertiary/aromatic N) is 5. The number of rotatable bonds is 9. The van der Waals surface area contributed by atoms with E-state index in [0.717, 1.165) is 70.1 Å². The van der Waals surface area contributed by atoms with Crippen LogP contribution in [0.4, 0.5) is 0 Å². The first-order chi connectivity index (χ1) is 13.8. The summed E-state index contributed by atoms with van der Waals surface area (Å²) in [7, 11) is 5.86. The van der Waals surface area contributed by atoms with Crippen LogP contribution in [0.25, 0.3) is 0 Å². The second kappa shape index (κ2) is 13.1. The predicted molar refractivity (Wildman–Crippen MR) is 133 cm³/mol. The number of carbonyl (C=O) groups excluding carboxylic acids is 1. The van der Waals surface area contributed by atoms with Gasteiger partial charge in [-0.25, -0.2) is 0 Å². The van der Waals surface area contributed by atoms with Crippen LogP contribution in [0.3, 0.4) is 0 Å². The van der Waals surface area contributed by atoms with Crippen LogP contribution in [0.1, 0.15) is 56.7 Å². The number of hydrogen-bond donors (Lipinski definition) is 2.